The largest absolute Gasteiger partial charge is 0.477 e. The van der Waals surface area contributed by atoms with Crippen molar-refractivity contribution in [3.8, 4) is 0 Å². The number of carboxylic acid groups (broad SMARTS) is 1. The fourth-order valence-electron chi connectivity index (χ4n) is 1.91. The number of anilines is 1. The maximum absolute atomic E-state index is 11.1. The zero-order valence-corrected chi connectivity index (χ0v) is 9.65. The van der Waals surface area contributed by atoms with Crippen LogP contribution in [0.15, 0.2) is 12.4 Å². The Bertz CT molecular complexity index is 758. The smallest absolute Gasteiger partial charge is 0.348 e. The van der Waals surface area contributed by atoms with Gasteiger partial charge in [-0.3, -0.25) is 4.40 Å². The molecule has 0 amide bonds. The molecule has 0 aliphatic heterocycles. The number of nitrogens with zero attached hydrogens (tertiary/aromatic N) is 3. The molecule has 3 N–H and O–H groups in total. The van der Waals surface area contributed by atoms with E-state index in [1.54, 1.807) is 10.7 Å². The van der Waals surface area contributed by atoms with E-state index >= 15 is 0 Å². The molecule has 86 valence electrons. The molecule has 3 aromatic rings. The number of aromatic nitrogens is 3. The van der Waals surface area contributed by atoms with Crippen LogP contribution in [0.25, 0.3) is 15.9 Å². The Labute approximate surface area is 99.3 Å². The van der Waals surface area contributed by atoms with E-state index in [0.29, 0.717) is 11.3 Å². The first-order valence-corrected chi connectivity index (χ1v) is 5.66. The second-order valence-corrected chi connectivity index (χ2v) is 4.72. The Balaban J connectivity index is 2.58. The van der Waals surface area contributed by atoms with Crippen LogP contribution in [0.5, 0.6) is 0 Å². The standard InChI is InChI=1S/C10H8N4O2S/c1-4-2-5-13-12-3-14(5)9-6(4)7(11)8(17-9)10(15)16/h2-3H,11H2,1H3,(H,15,16). The molecule has 0 saturated carbocycles. The molecular weight excluding hydrogens is 240 g/mol. The number of nitrogen functional groups attached to an aromatic ring is 1. The van der Waals surface area contributed by atoms with Crippen LogP contribution in [0, 0.1) is 6.92 Å². The molecule has 17 heavy (non-hydrogen) atoms. The van der Waals surface area contributed by atoms with Gasteiger partial charge in [-0.25, -0.2) is 4.79 Å². The second kappa shape index (κ2) is 3.17. The van der Waals surface area contributed by atoms with Gasteiger partial charge in [-0.2, -0.15) is 0 Å². The highest BCUT2D eigenvalue weighted by Gasteiger charge is 2.19. The van der Waals surface area contributed by atoms with Gasteiger partial charge in [0.2, 0.25) is 0 Å². The Morgan fingerprint density at radius 1 is 1.59 bits per heavy atom. The van der Waals surface area contributed by atoms with Gasteiger partial charge in [0, 0.05) is 5.39 Å². The van der Waals surface area contributed by atoms with Crippen LogP contribution in [-0.2, 0) is 0 Å². The van der Waals surface area contributed by atoms with Crippen LogP contribution in [-0.4, -0.2) is 25.7 Å². The van der Waals surface area contributed by atoms with Crippen LogP contribution in [0.2, 0.25) is 0 Å². The number of aromatic carboxylic acids is 1. The van der Waals surface area contributed by atoms with Crippen molar-refractivity contribution >= 4 is 38.9 Å². The van der Waals surface area contributed by atoms with Gasteiger partial charge in [0.1, 0.15) is 16.0 Å². The van der Waals surface area contributed by atoms with Crippen molar-refractivity contribution in [1.82, 2.24) is 14.6 Å². The number of hydrogen-bond acceptors (Lipinski definition) is 5. The normalized spacial score (nSPS) is 11.4. The van der Waals surface area contributed by atoms with Crippen LogP contribution in [0.3, 0.4) is 0 Å². The molecule has 6 nitrogen and oxygen atoms in total. The summed E-state index contributed by atoms with van der Waals surface area (Å²) in [4.78, 5) is 12.0. The summed E-state index contributed by atoms with van der Waals surface area (Å²) in [6.07, 6.45) is 1.55. The number of aryl methyl sites for hydroxylation is 1. The molecule has 0 unspecified atom stereocenters. The number of carboxylic acids is 1. The zero-order chi connectivity index (χ0) is 12.2. The predicted molar refractivity (Wildman–Crippen MR) is 64.5 cm³/mol. The van der Waals surface area contributed by atoms with Crippen LogP contribution < -0.4 is 5.73 Å². The minimum atomic E-state index is -1.01. The Morgan fingerprint density at radius 3 is 3.06 bits per heavy atom. The minimum absolute atomic E-state index is 0.157. The highest BCUT2D eigenvalue weighted by atomic mass is 32.1. The average Bonchev–Trinajstić information content (AvgIpc) is 2.82. The number of hydrogen-bond donors (Lipinski definition) is 2. The first-order chi connectivity index (χ1) is 8.09. The van der Waals surface area contributed by atoms with Gasteiger partial charge < -0.3 is 10.8 Å². The Kier molecular flexibility index (Phi) is 1.87. The average molecular weight is 248 g/mol. The molecule has 0 atom stereocenters. The van der Waals surface area contributed by atoms with Gasteiger partial charge >= 0.3 is 5.97 Å². The molecule has 0 spiro atoms. The van der Waals surface area contributed by atoms with Gasteiger partial charge in [-0.05, 0) is 18.6 Å². The molecule has 0 saturated heterocycles. The molecular formula is C10H8N4O2S. The molecule has 3 rings (SSSR count). The van der Waals surface area contributed by atoms with E-state index in [0.717, 1.165) is 27.1 Å². The fourth-order valence-corrected chi connectivity index (χ4v) is 3.01. The first-order valence-electron chi connectivity index (χ1n) is 4.84. The summed E-state index contributed by atoms with van der Waals surface area (Å²) in [5.41, 5.74) is 7.78. The van der Waals surface area contributed by atoms with Crippen molar-refractivity contribution in [2.24, 2.45) is 0 Å². The van der Waals surface area contributed by atoms with Crippen molar-refractivity contribution in [3.63, 3.8) is 0 Å². The lowest BCUT2D eigenvalue weighted by Crippen LogP contribution is -1.97. The van der Waals surface area contributed by atoms with Gasteiger partial charge in [0.15, 0.2) is 5.65 Å². The molecule has 0 radical (unpaired) electrons. The van der Waals surface area contributed by atoms with Crippen molar-refractivity contribution in [3.05, 3.63) is 22.8 Å². The van der Waals surface area contributed by atoms with Crippen LogP contribution in [0.4, 0.5) is 5.69 Å². The fraction of sp³-hybridized carbons (Fsp3) is 0.100. The third kappa shape index (κ3) is 1.22. The lowest BCUT2D eigenvalue weighted by molar-refractivity contribution is 0.0703. The summed E-state index contributed by atoms with van der Waals surface area (Å²) < 4.78 is 1.75. The van der Waals surface area contributed by atoms with E-state index in [1.807, 2.05) is 13.0 Å². The van der Waals surface area contributed by atoms with Crippen molar-refractivity contribution in [2.75, 3.05) is 5.73 Å². The number of carbonyl (C=O) groups is 1. The van der Waals surface area contributed by atoms with Gasteiger partial charge in [-0.15, -0.1) is 21.5 Å². The summed E-state index contributed by atoms with van der Waals surface area (Å²) in [5.74, 6) is -1.01. The number of thiophene rings is 1. The van der Waals surface area contributed by atoms with Crippen LogP contribution >= 0.6 is 11.3 Å². The maximum Gasteiger partial charge on any atom is 0.348 e. The highest BCUT2D eigenvalue weighted by Crippen LogP contribution is 2.36. The van der Waals surface area contributed by atoms with Crippen LogP contribution in [0.1, 0.15) is 15.2 Å². The number of pyridine rings is 1. The lowest BCUT2D eigenvalue weighted by atomic mass is 10.1. The Hall–Kier alpha value is -2.15. The quantitative estimate of drug-likeness (QED) is 0.681. The third-order valence-electron chi connectivity index (χ3n) is 2.65. The van der Waals surface area contributed by atoms with Crippen molar-refractivity contribution < 1.29 is 9.90 Å². The molecule has 3 heterocycles. The Morgan fingerprint density at radius 2 is 2.35 bits per heavy atom. The summed E-state index contributed by atoms with van der Waals surface area (Å²) in [5, 5.41) is 17.6. The highest BCUT2D eigenvalue weighted by molar-refractivity contribution is 7.21. The molecule has 0 bridgehead atoms. The minimum Gasteiger partial charge on any atom is -0.477 e. The number of nitrogens with two attached hydrogens (primary N) is 1. The maximum atomic E-state index is 11.1. The topological polar surface area (TPSA) is 93.5 Å². The zero-order valence-electron chi connectivity index (χ0n) is 8.84. The number of fused-ring (bicyclic) bond motifs is 3. The molecule has 0 aromatic carbocycles. The van der Waals surface area contributed by atoms with E-state index in [9.17, 15) is 4.79 Å². The van der Waals surface area contributed by atoms with Gasteiger partial charge in [-0.1, -0.05) is 0 Å². The summed E-state index contributed by atoms with van der Waals surface area (Å²) in [7, 11) is 0. The molecule has 0 aliphatic rings. The van der Waals surface area contributed by atoms with E-state index in [4.69, 9.17) is 10.8 Å². The summed E-state index contributed by atoms with van der Waals surface area (Å²) in [6, 6.07) is 1.84. The molecule has 7 heteroatoms. The molecule has 0 aliphatic carbocycles. The predicted octanol–water partition coefficient (Wildman–Crippen LogP) is 1.53. The van der Waals surface area contributed by atoms with Gasteiger partial charge in [0.05, 0.1) is 5.69 Å². The van der Waals surface area contributed by atoms with E-state index in [-0.39, 0.29) is 4.88 Å². The monoisotopic (exact) mass is 248 g/mol. The van der Waals surface area contributed by atoms with E-state index in [2.05, 4.69) is 10.2 Å². The SMILES string of the molecule is Cc1cc2nncn2c2sc(C(=O)O)c(N)c12. The molecule has 3 aromatic heterocycles. The third-order valence-corrected chi connectivity index (χ3v) is 3.85. The lowest BCUT2D eigenvalue weighted by Gasteiger charge is -2.00. The summed E-state index contributed by atoms with van der Waals surface area (Å²) in [6.45, 7) is 1.88. The van der Waals surface area contributed by atoms with Crippen molar-refractivity contribution in [2.45, 2.75) is 6.92 Å². The van der Waals surface area contributed by atoms with Gasteiger partial charge in [0.25, 0.3) is 0 Å². The first kappa shape index (κ1) is 10.0. The molecule has 0 fully saturated rings. The summed E-state index contributed by atoms with van der Waals surface area (Å²) >= 11 is 1.14. The second-order valence-electron chi connectivity index (χ2n) is 3.72. The number of rotatable bonds is 1. The van der Waals surface area contributed by atoms with Crippen molar-refractivity contribution in [1.29, 1.82) is 0 Å². The van der Waals surface area contributed by atoms with E-state index < -0.39 is 5.97 Å². The van der Waals surface area contributed by atoms with E-state index in [1.165, 1.54) is 0 Å².